The number of rotatable bonds is 2. The molecule has 1 saturated heterocycles. The molecular formula is C15H12N2O2. The molecule has 0 aliphatic carbocycles. The number of amides is 2. The van der Waals surface area contributed by atoms with Gasteiger partial charge in [0.15, 0.2) is 5.41 Å². The van der Waals surface area contributed by atoms with E-state index in [0.717, 1.165) is 0 Å². The summed E-state index contributed by atoms with van der Waals surface area (Å²) in [5, 5.41) is 0.681. The molecule has 0 radical (unpaired) electrons. The molecule has 1 fully saturated rings. The second-order valence-corrected chi connectivity index (χ2v) is 4.46. The number of carbonyl (C=O) groups excluding carboxylic acids is 2. The van der Waals surface area contributed by atoms with Gasteiger partial charge in [0.1, 0.15) is 0 Å². The van der Waals surface area contributed by atoms with Gasteiger partial charge in [0.2, 0.25) is 0 Å². The maximum absolute atomic E-state index is 12.3. The predicted octanol–water partition coefficient (Wildman–Crippen LogP) is 1.22. The van der Waals surface area contributed by atoms with Gasteiger partial charge in [-0.2, -0.15) is 0 Å². The van der Waals surface area contributed by atoms with Gasteiger partial charge in [0.05, 0.1) is 0 Å². The highest BCUT2D eigenvalue weighted by Crippen LogP contribution is 2.41. The molecule has 0 bridgehead atoms. The Bertz CT molecular complexity index is 580. The van der Waals surface area contributed by atoms with Crippen LogP contribution in [0, 0.1) is 0 Å². The first-order valence-electron chi connectivity index (χ1n) is 5.94. The molecule has 2 amide bonds. The highest BCUT2D eigenvalue weighted by Gasteiger charge is 2.62. The van der Waals surface area contributed by atoms with Gasteiger partial charge in [-0.1, -0.05) is 60.7 Å². The standard InChI is InChI=1S/C15H12N2O2/c16-17-13(18)15(14(17)19,11-7-3-1-4-8-11)12-9-5-2-6-10-12/h1-10H,16H2. The molecule has 2 aromatic rings. The van der Waals surface area contributed by atoms with Crippen molar-refractivity contribution < 1.29 is 9.59 Å². The number of hydrazine groups is 1. The van der Waals surface area contributed by atoms with Gasteiger partial charge in [-0.05, 0) is 11.1 Å². The van der Waals surface area contributed by atoms with Gasteiger partial charge in [-0.25, -0.2) is 10.9 Å². The zero-order valence-corrected chi connectivity index (χ0v) is 10.1. The molecular weight excluding hydrogens is 240 g/mol. The Labute approximate surface area is 110 Å². The molecule has 1 heterocycles. The van der Waals surface area contributed by atoms with Crippen LogP contribution in [0.3, 0.4) is 0 Å². The highest BCUT2D eigenvalue weighted by molar-refractivity contribution is 6.28. The lowest BCUT2D eigenvalue weighted by molar-refractivity contribution is -0.166. The van der Waals surface area contributed by atoms with Crippen molar-refractivity contribution in [3.8, 4) is 0 Å². The Hall–Kier alpha value is -2.46. The molecule has 2 aromatic carbocycles. The van der Waals surface area contributed by atoms with Crippen molar-refractivity contribution in [1.82, 2.24) is 5.01 Å². The fourth-order valence-corrected chi connectivity index (χ4v) is 2.53. The Morgan fingerprint density at radius 2 is 1.11 bits per heavy atom. The van der Waals surface area contributed by atoms with E-state index in [4.69, 9.17) is 5.84 Å². The molecule has 1 aliphatic heterocycles. The van der Waals surface area contributed by atoms with Crippen LogP contribution in [0.2, 0.25) is 0 Å². The van der Waals surface area contributed by atoms with Crippen molar-refractivity contribution in [3.05, 3.63) is 71.8 Å². The van der Waals surface area contributed by atoms with Crippen LogP contribution < -0.4 is 5.84 Å². The van der Waals surface area contributed by atoms with E-state index in [1.165, 1.54) is 0 Å². The monoisotopic (exact) mass is 252 g/mol. The molecule has 0 spiro atoms. The first-order chi connectivity index (χ1) is 9.19. The van der Waals surface area contributed by atoms with E-state index >= 15 is 0 Å². The predicted molar refractivity (Wildman–Crippen MR) is 69.7 cm³/mol. The van der Waals surface area contributed by atoms with Crippen LogP contribution >= 0.6 is 0 Å². The zero-order chi connectivity index (χ0) is 13.5. The van der Waals surface area contributed by atoms with Gasteiger partial charge < -0.3 is 0 Å². The summed E-state index contributed by atoms with van der Waals surface area (Å²) in [4.78, 5) is 24.5. The van der Waals surface area contributed by atoms with E-state index in [0.29, 0.717) is 16.1 Å². The fourth-order valence-electron chi connectivity index (χ4n) is 2.53. The first-order valence-corrected chi connectivity index (χ1v) is 5.94. The highest BCUT2D eigenvalue weighted by atomic mass is 16.2. The molecule has 94 valence electrons. The number of β-lactam (4-membered cyclic amide) rings is 2. The van der Waals surface area contributed by atoms with Crippen molar-refractivity contribution in [3.63, 3.8) is 0 Å². The van der Waals surface area contributed by atoms with Gasteiger partial charge in [-0.15, -0.1) is 0 Å². The summed E-state index contributed by atoms with van der Waals surface area (Å²) in [6, 6.07) is 18.0. The number of benzene rings is 2. The van der Waals surface area contributed by atoms with Gasteiger partial charge in [0, 0.05) is 0 Å². The number of nitrogens with zero attached hydrogens (tertiary/aromatic N) is 1. The maximum atomic E-state index is 12.3. The lowest BCUT2D eigenvalue weighted by Gasteiger charge is -2.44. The summed E-state index contributed by atoms with van der Waals surface area (Å²) in [6.07, 6.45) is 0. The molecule has 4 heteroatoms. The van der Waals surface area contributed by atoms with Crippen LogP contribution in [-0.2, 0) is 15.0 Å². The van der Waals surface area contributed by atoms with E-state index in [1.54, 1.807) is 48.5 Å². The smallest absolute Gasteiger partial charge is 0.268 e. The molecule has 1 aliphatic rings. The van der Waals surface area contributed by atoms with Crippen molar-refractivity contribution in [2.24, 2.45) is 5.84 Å². The fraction of sp³-hybridized carbons (Fsp3) is 0.0667. The molecule has 0 unspecified atom stereocenters. The van der Waals surface area contributed by atoms with Crippen molar-refractivity contribution in [1.29, 1.82) is 0 Å². The Morgan fingerprint density at radius 1 is 0.737 bits per heavy atom. The lowest BCUT2D eigenvalue weighted by Crippen LogP contribution is -2.71. The first kappa shape index (κ1) is 11.6. The minimum absolute atomic E-state index is 0.394. The zero-order valence-electron chi connectivity index (χ0n) is 10.1. The van der Waals surface area contributed by atoms with E-state index in [2.05, 4.69) is 0 Å². The third-order valence-electron chi connectivity index (χ3n) is 3.49. The maximum Gasteiger partial charge on any atom is 0.268 e. The minimum atomic E-state index is -1.28. The molecule has 2 N–H and O–H groups in total. The Kier molecular flexibility index (Phi) is 2.47. The number of nitrogens with two attached hydrogens (primary N) is 1. The summed E-state index contributed by atoms with van der Waals surface area (Å²) in [7, 11) is 0. The van der Waals surface area contributed by atoms with Crippen molar-refractivity contribution >= 4 is 11.8 Å². The molecule has 0 saturated carbocycles. The third-order valence-corrected chi connectivity index (χ3v) is 3.49. The normalized spacial score (nSPS) is 17.2. The van der Waals surface area contributed by atoms with E-state index in [1.807, 2.05) is 12.1 Å². The number of hydrogen-bond acceptors (Lipinski definition) is 3. The summed E-state index contributed by atoms with van der Waals surface area (Å²) >= 11 is 0. The molecule has 4 nitrogen and oxygen atoms in total. The number of carbonyl (C=O) groups is 2. The average molecular weight is 252 g/mol. The Morgan fingerprint density at radius 3 is 1.47 bits per heavy atom. The summed E-state index contributed by atoms with van der Waals surface area (Å²) in [5.41, 5.74) is 0.0212. The Balaban J connectivity index is 2.25. The van der Waals surface area contributed by atoms with Crippen LogP contribution in [0.4, 0.5) is 0 Å². The van der Waals surface area contributed by atoms with Crippen molar-refractivity contribution in [2.45, 2.75) is 5.41 Å². The second-order valence-electron chi connectivity index (χ2n) is 4.46. The van der Waals surface area contributed by atoms with Crippen molar-refractivity contribution in [2.75, 3.05) is 0 Å². The topological polar surface area (TPSA) is 63.4 Å². The van der Waals surface area contributed by atoms with Crippen LogP contribution in [0.15, 0.2) is 60.7 Å². The van der Waals surface area contributed by atoms with E-state index in [-0.39, 0.29) is 0 Å². The largest absolute Gasteiger partial charge is 0.271 e. The van der Waals surface area contributed by atoms with E-state index < -0.39 is 17.2 Å². The average Bonchev–Trinajstić information content (AvgIpc) is 2.49. The van der Waals surface area contributed by atoms with Crippen LogP contribution in [-0.4, -0.2) is 16.8 Å². The van der Waals surface area contributed by atoms with Gasteiger partial charge in [0.25, 0.3) is 11.8 Å². The molecule has 3 rings (SSSR count). The minimum Gasteiger partial charge on any atom is -0.271 e. The molecule has 19 heavy (non-hydrogen) atoms. The summed E-state index contributed by atoms with van der Waals surface area (Å²) < 4.78 is 0. The molecule has 0 aromatic heterocycles. The molecule has 0 atom stereocenters. The van der Waals surface area contributed by atoms with Crippen LogP contribution in [0.1, 0.15) is 11.1 Å². The van der Waals surface area contributed by atoms with Crippen LogP contribution in [0.25, 0.3) is 0 Å². The van der Waals surface area contributed by atoms with Gasteiger partial charge >= 0.3 is 0 Å². The summed E-state index contributed by atoms with van der Waals surface area (Å²) in [6.45, 7) is 0. The summed E-state index contributed by atoms with van der Waals surface area (Å²) in [5.74, 6) is 4.66. The quantitative estimate of drug-likeness (QED) is 0.378. The van der Waals surface area contributed by atoms with E-state index in [9.17, 15) is 9.59 Å². The third kappa shape index (κ3) is 1.37. The van der Waals surface area contributed by atoms with Crippen LogP contribution in [0.5, 0.6) is 0 Å². The van der Waals surface area contributed by atoms with Gasteiger partial charge in [-0.3, -0.25) is 9.59 Å². The SMILES string of the molecule is NN1C(=O)C(c2ccccc2)(c2ccccc2)C1=O. The number of imide groups is 1. The number of hydrogen-bond donors (Lipinski definition) is 1. The second kappa shape index (κ2) is 4.03. The lowest BCUT2D eigenvalue weighted by atomic mass is 9.68.